The lowest BCUT2D eigenvalue weighted by atomic mass is 9.43. The highest BCUT2D eigenvalue weighted by Gasteiger charge is 2.68. The van der Waals surface area contributed by atoms with E-state index in [4.69, 9.17) is 15.0 Å². The Labute approximate surface area is 146 Å². The Balaban J connectivity index is 1.33. The summed E-state index contributed by atoms with van der Waals surface area (Å²) in [6, 6.07) is 10.6. The zero-order valence-electron chi connectivity index (χ0n) is 15.2. The van der Waals surface area contributed by atoms with Crippen LogP contribution in [-0.4, -0.2) is 24.8 Å². The van der Waals surface area contributed by atoms with Gasteiger partial charge < -0.3 is 15.0 Å². The van der Waals surface area contributed by atoms with Crippen LogP contribution in [-0.2, 0) is 15.7 Å². The molecule has 3 aliphatic carbocycles. The number of hydrogen-bond acceptors (Lipinski definition) is 3. The molecular weight excluding hydrogens is 297 g/mol. The predicted molar refractivity (Wildman–Crippen MR) is 97.5 cm³/mol. The first-order valence-electron chi connectivity index (χ1n) is 9.54. The molecule has 0 radical (unpaired) electrons. The van der Waals surface area contributed by atoms with Gasteiger partial charge in [0.1, 0.15) is 0 Å². The summed E-state index contributed by atoms with van der Waals surface area (Å²) < 4.78 is 12.7. The monoisotopic (exact) mass is 327 g/mol. The van der Waals surface area contributed by atoms with Crippen LogP contribution in [0.25, 0.3) is 0 Å². The molecule has 1 aromatic carbocycles. The summed E-state index contributed by atoms with van der Waals surface area (Å²) in [6.45, 7) is 7.05. The first kappa shape index (κ1) is 16.6. The molecule has 1 saturated heterocycles. The van der Waals surface area contributed by atoms with Gasteiger partial charge in [0.2, 0.25) is 0 Å². The van der Waals surface area contributed by atoms with Crippen molar-refractivity contribution in [1.29, 1.82) is 0 Å². The van der Waals surface area contributed by atoms with E-state index in [2.05, 4.69) is 51.1 Å². The highest BCUT2D eigenvalue weighted by molar-refractivity contribution is 6.47. The minimum atomic E-state index is -0.231. The van der Waals surface area contributed by atoms with E-state index in [-0.39, 0.29) is 24.8 Å². The summed E-state index contributed by atoms with van der Waals surface area (Å²) in [5.74, 6) is 1.36. The van der Waals surface area contributed by atoms with E-state index in [1.807, 2.05) is 0 Å². The highest BCUT2D eigenvalue weighted by Crippen LogP contribution is 2.65. The van der Waals surface area contributed by atoms with Gasteiger partial charge in [0, 0.05) is 5.94 Å². The van der Waals surface area contributed by atoms with E-state index in [0.717, 1.165) is 31.6 Å². The Morgan fingerprint density at radius 2 is 1.96 bits per heavy atom. The molecule has 4 aliphatic rings. The Hall–Kier alpha value is -0.835. The Morgan fingerprint density at radius 1 is 1.21 bits per heavy atom. The van der Waals surface area contributed by atoms with Gasteiger partial charge in [-0.05, 0) is 61.8 Å². The van der Waals surface area contributed by atoms with Crippen LogP contribution in [0, 0.1) is 17.3 Å². The van der Waals surface area contributed by atoms with Gasteiger partial charge in [-0.15, -0.1) is 0 Å². The topological polar surface area (TPSA) is 44.5 Å². The van der Waals surface area contributed by atoms with Crippen LogP contribution >= 0.6 is 0 Å². The van der Waals surface area contributed by atoms with Gasteiger partial charge in [0.05, 0.1) is 11.7 Å². The van der Waals surface area contributed by atoms with Gasteiger partial charge in [-0.1, -0.05) is 44.2 Å². The van der Waals surface area contributed by atoms with Gasteiger partial charge in [-0.3, -0.25) is 0 Å². The van der Waals surface area contributed by atoms with Crippen molar-refractivity contribution in [3.05, 3.63) is 35.9 Å². The van der Waals surface area contributed by atoms with Crippen molar-refractivity contribution in [3.8, 4) is 0 Å². The first-order valence-corrected chi connectivity index (χ1v) is 9.54. The lowest BCUT2D eigenvalue weighted by Gasteiger charge is -2.64. The largest absolute Gasteiger partial charge is 0.475 e. The van der Waals surface area contributed by atoms with Crippen molar-refractivity contribution >= 4 is 7.12 Å². The van der Waals surface area contributed by atoms with Crippen molar-refractivity contribution < 1.29 is 9.31 Å². The normalized spacial score (nSPS) is 37.7. The molecule has 3 nitrogen and oxygen atoms in total. The van der Waals surface area contributed by atoms with Crippen molar-refractivity contribution in [2.75, 3.05) is 0 Å². The number of rotatable bonds is 5. The molecule has 4 fully saturated rings. The van der Waals surface area contributed by atoms with Crippen LogP contribution in [0.15, 0.2) is 30.3 Å². The zero-order valence-corrected chi connectivity index (χ0v) is 15.2. The molecule has 2 N–H and O–H groups in total. The predicted octanol–water partition coefficient (Wildman–Crippen LogP) is 3.60. The molecule has 130 valence electrons. The molecule has 1 aromatic rings. The van der Waals surface area contributed by atoms with Gasteiger partial charge in [-0.25, -0.2) is 0 Å². The summed E-state index contributed by atoms with van der Waals surface area (Å²) in [4.78, 5) is 0. The molecule has 0 amide bonds. The van der Waals surface area contributed by atoms with E-state index < -0.39 is 0 Å². The fourth-order valence-electron chi connectivity index (χ4n) is 5.41. The molecule has 5 atom stereocenters. The second-order valence-corrected chi connectivity index (χ2v) is 8.88. The maximum atomic E-state index is 6.46. The minimum Gasteiger partial charge on any atom is -0.404 e. The molecule has 4 heteroatoms. The average Bonchev–Trinajstić information content (AvgIpc) is 2.92. The maximum absolute atomic E-state index is 6.46. The zero-order chi connectivity index (χ0) is 16.9. The molecular formula is C20H30BNO2. The molecule has 5 rings (SSSR count). The summed E-state index contributed by atoms with van der Waals surface area (Å²) in [6.07, 6.45) is 5.75. The molecule has 0 unspecified atom stereocenters. The second-order valence-electron chi connectivity index (χ2n) is 8.88. The van der Waals surface area contributed by atoms with Crippen LogP contribution < -0.4 is 5.73 Å². The third-order valence-electron chi connectivity index (χ3n) is 7.16. The Kier molecular flexibility index (Phi) is 4.06. The van der Waals surface area contributed by atoms with Crippen LogP contribution in [0.2, 0.25) is 0 Å². The Morgan fingerprint density at radius 3 is 2.67 bits per heavy atom. The minimum absolute atomic E-state index is 0.0311. The lowest BCUT2D eigenvalue weighted by molar-refractivity contribution is -0.199. The maximum Gasteiger partial charge on any atom is 0.475 e. The quantitative estimate of drug-likeness (QED) is 0.841. The van der Waals surface area contributed by atoms with Crippen LogP contribution in [0.3, 0.4) is 0 Å². The average molecular weight is 327 g/mol. The highest BCUT2D eigenvalue weighted by atomic mass is 16.7. The number of hydrogen-bond donors (Lipinski definition) is 1. The Bertz CT molecular complexity index is 593. The summed E-state index contributed by atoms with van der Waals surface area (Å²) in [5.41, 5.74) is 8.06. The molecule has 1 aliphatic heterocycles. The third kappa shape index (κ3) is 2.54. The standard InChI is InChI=1S/C20H30BNO2/c1-19(2)15-12-16(19)20(3)17(13-15)23-21(24-20)18(22)11-7-10-14-8-5-4-6-9-14/h4-6,8-9,15-18H,7,10-13,22H2,1-3H3/t15-,16-,17+,18-,20-/m0/s1. The van der Waals surface area contributed by atoms with Gasteiger partial charge >= 0.3 is 7.12 Å². The van der Waals surface area contributed by atoms with E-state index in [9.17, 15) is 0 Å². The summed E-state index contributed by atoms with van der Waals surface area (Å²) >= 11 is 0. The van der Waals surface area contributed by atoms with E-state index in [0.29, 0.717) is 11.3 Å². The number of aryl methyl sites for hydroxylation is 1. The van der Waals surface area contributed by atoms with Crippen LogP contribution in [0.4, 0.5) is 0 Å². The molecule has 24 heavy (non-hydrogen) atoms. The van der Waals surface area contributed by atoms with Gasteiger partial charge in [0.25, 0.3) is 0 Å². The van der Waals surface area contributed by atoms with Crippen molar-refractivity contribution in [1.82, 2.24) is 0 Å². The molecule has 0 aromatic heterocycles. The van der Waals surface area contributed by atoms with Crippen molar-refractivity contribution in [2.24, 2.45) is 23.0 Å². The van der Waals surface area contributed by atoms with Crippen LogP contribution in [0.1, 0.15) is 52.0 Å². The number of benzene rings is 1. The molecule has 1 heterocycles. The van der Waals surface area contributed by atoms with E-state index in [1.165, 1.54) is 12.0 Å². The van der Waals surface area contributed by atoms with Gasteiger partial charge in [-0.2, -0.15) is 0 Å². The first-order chi connectivity index (χ1) is 11.4. The van der Waals surface area contributed by atoms with Gasteiger partial charge in [0.15, 0.2) is 0 Å². The second kappa shape index (κ2) is 5.86. The van der Waals surface area contributed by atoms with Crippen LogP contribution in [0.5, 0.6) is 0 Å². The van der Waals surface area contributed by atoms with E-state index in [1.54, 1.807) is 0 Å². The molecule has 0 spiro atoms. The smallest absolute Gasteiger partial charge is 0.404 e. The fraction of sp³-hybridized carbons (Fsp3) is 0.700. The summed E-state index contributed by atoms with van der Waals surface area (Å²) in [5, 5.41) is 0. The fourth-order valence-corrected chi connectivity index (χ4v) is 5.41. The third-order valence-corrected chi connectivity index (χ3v) is 7.16. The van der Waals surface area contributed by atoms with Crippen molar-refractivity contribution in [3.63, 3.8) is 0 Å². The summed E-state index contributed by atoms with van der Waals surface area (Å²) in [7, 11) is -0.231. The SMILES string of the molecule is CC1(C)[C@@H]2C[C@H]3OB([C@@H](N)CCCc4ccccc4)O[C@@]3(C)[C@H]1C2. The molecule has 3 saturated carbocycles. The van der Waals surface area contributed by atoms with Crippen molar-refractivity contribution in [2.45, 2.75) is 70.5 Å². The lowest BCUT2D eigenvalue weighted by Crippen LogP contribution is -2.65. The molecule has 2 bridgehead atoms. The number of nitrogens with two attached hydrogens (primary N) is 1. The van der Waals surface area contributed by atoms with E-state index >= 15 is 0 Å².